The lowest BCUT2D eigenvalue weighted by Crippen LogP contribution is -2.38. The van der Waals surface area contributed by atoms with Gasteiger partial charge in [-0.1, -0.05) is 41.5 Å². The molecule has 1 nitrogen and oxygen atoms in total. The van der Waals surface area contributed by atoms with Crippen LogP contribution in [0.2, 0.25) is 0 Å². The van der Waals surface area contributed by atoms with Crippen LogP contribution in [0.4, 0.5) is 0 Å². The number of rotatable bonds is 7. The van der Waals surface area contributed by atoms with Crippen molar-refractivity contribution >= 4 is 11.8 Å². The van der Waals surface area contributed by atoms with E-state index >= 15 is 0 Å². The van der Waals surface area contributed by atoms with Gasteiger partial charge in [-0.05, 0) is 66.9 Å². The van der Waals surface area contributed by atoms with Crippen molar-refractivity contribution in [3.63, 3.8) is 0 Å². The maximum Gasteiger partial charge on any atom is 0.00104 e. The summed E-state index contributed by atoms with van der Waals surface area (Å²) in [5.74, 6) is 5.40. The summed E-state index contributed by atoms with van der Waals surface area (Å²) in [6, 6.07) is 0.626. The van der Waals surface area contributed by atoms with Gasteiger partial charge in [0.1, 0.15) is 0 Å². The Morgan fingerprint density at radius 1 is 1.15 bits per heavy atom. The van der Waals surface area contributed by atoms with Gasteiger partial charge in [-0.15, -0.1) is 0 Å². The summed E-state index contributed by atoms with van der Waals surface area (Å²) in [7, 11) is 0. The topological polar surface area (TPSA) is 12.0 Å². The Labute approximate surface area is 132 Å². The van der Waals surface area contributed by atoms with E-state index in [0.29, 0.717) is 11.5 Å². The van der Waals surface area contributed by atoms with Crippen molar-refractivity contribution in [3.8, 4) is 0 Å². The molecular formula is C18H37NS. The molecule has 1 fully saturated rings. The van der Waals surface area contributed by atoms with Gasteiger partial charge in [-0.3, -0.25) is 0 Å². The molecule has 1 saturated carbocycles. The second-order valence-electron chi connectivity index (χ2n) is 7.94. The van der Waals surface area contributed by atoms with Crippen molar-refractivity contribution in [2.24, 2.45) is 23.2 Å². The van der Waals surface area contributed by atoms with Crippen LogP contribution in [-0.2, 0) is 0 Å². The van der Waals surface area contributed by atoms with Crippen LogP contribution in [-0.4, -0.2) is 24.1 Å². The first-order valence-electron chi connectivity index (χ1n) is 8.65. The molecule has 3 unspecified atom stereocenters. The van der Waals surface area contributed by atoms with Crippen LogP contribution in [0.15, 0.2) is 0 Å². The van der Waals surface area contributed by atoms with Gasteiger partial charge in [0.15, 0.2) is 0 Å². The van der Waals surface area contributed by atoms with Gasteiger partial charge in [0.25, 0.3) is 0 Å². The molecule has 0 saturated heterocycles. The van der Waals surface area contributed by atoms with E-state index in [1.165, 1.54) is 43.7 Å². The molecule has 0 radical (unpaired) electrons. The second kappa shape index (κ2) is 8.68. The van der Waals surface area contributed by atoms with Gasteiger partial charge < -0.3 is 5.32 Å². The number of nitrogens with one attached hydrogen (secondary N) is 1. The molecule has 20 heavy (non-hydrogen) atoms. The van der Waals surface area contributed by atoms with Crippen LogP contribution in [0.5, 0.6) is 0 Å². The molecule has 1 N–H and O–H groups in total. The van der Waals surface area contributed by atoms with Crippen LogP contribution in [0.1, 0.15) is 67.2 Å². The minimum Gasteiger partial charge on any atom is -0.314 e. The van der Waals surface area contributed by atoms with Gasteiger partial charge in [-0.2, -0.15) is 11.8 Å². The highest BCUT2D eigenvalue weighted by molar-refractivity contribution is 7.99. The summed E-state index contributed by atoms with van der Waals surface area (Å²) in [5.41, 5.74) is 0.493. The molecule has 1 aliphatic carbocycles. The van der Waals surface area contributed by atoms with E-state index in [-0.39, 0.29) is 0 Å². The Bertz CT molecular complexity index is 257. The fourth-order valence-electron chi connectivity index (χ4n) is 3.50. The molecular weight excluding hydrogens is 262 g/mol. The van der Waals surface area contributed by atoms with Crippen molar-refractivity contribution < 1.29 is 0 Å². The molecule has 1 aliphatic rings. The summed E-state index contributed by atoms with van der Waals surface area (Å²) >= 11 is 2.12. The van der Waals surface area contributed by atoms with Gasteiger partial charge in [0, 0.05) is 6.04 Å². The van der Waals surface area contributed by atoms with Crippen LogP contribution in [0.3, 0.4) is 0 Å². The first-order valence-corrected chi connectivity index (χ1v) is 9.81. The third kappa shape index (κ3) is 6.39. The predicted octanol–water partition coefficient (Wildman–Crippen LogP) is 5.21. The highest BCUT2D eigenvalue weighted by atomic mass is 32.2. The first-order chi connectivity index (χ1) is 9.34. The lowest BCUT2D eigenvalue weighted by molar-refractivity contribution is 0.0947. The van der Waals surface area contributed by atoms with E-state index in [1.54, 1.807) is 0 Å². The fourth-order valence-corrected chi connectivity index (χ4v) is 4.26. The van der Waals surface area contributed by atoms with Crippen LogP contribution >= 0.6 is 11.8 Å². The average molecular weight is 300 g/mol. The molecule has 0 amide bonds. The Balaban J connectivity index is 2.55. The number of hydrogen-bond acceptors (Lipinski definition) is 2. The normalized spacial score (nSPS) is 28.1. The summed E-state index contributed by atoms with van der Waals surface area (Å²) in [6.45, 7) is 15.3. The smallest absolute Gasteiger partial charge is 0.00104 e. The molecule has 0 aromatic carbocycles. The molecule has 0 aromatic rings. The lowest BCUT2D eigenvalue weighted by atomic mass is 9.65. The van der Waals surface area contributed by atoms with Crippen molar-refractivity contribution in [2.45, 2.75) is 73.3 Å². The number of hydrogen-bond donors (Lipinski definition) is 1. The van der Waals surface area contributed by atoms with Crippen molar-refractivity contribution in [1.82, 2.24) is 5.32 Å². The zero-order valence-electron chi connectivity index (χ0n) is 14.7. The molecule has 0 bridgehead atoms. The third-order valence-electron chi connectivity index (χ3n) is 4.99. The average Bonchev–Trinajstić information content (AvgIpc) is 2.36. The van der Waals surface area contributed by atoms with E-state index < -0.39 is 0 Å². The zero-order valence-corrected chi connectivity index (χ0v) is 15.5. The SMILES string of the molecule is CCSCCC1CC(C(C)(C)C)CCC1CNC(C)C. The monoisotopic (exact) mass is 299 g/mol. The summed E-state index contributed by atoms with van der Waals surface area (Å²) < 4.78 is 0. The lowest BCUT2D eigenvalue weighted by Gasteiger charge is -2.42. The van der Waals surface area contributed by atoms with Crippen LogP contribution < -0.4 is 5.32 Å². The first kappa shape index (κ1) is 18.4. The Morgan fingerprint density at radius 3 is 2.40 bits per heavy atom. The van der Waals surface area contributed by atoms with Crippen molar-refractivity contribution in [2.75, 3.05) is 18.1 Å². The second-order valence-corrected chi connectivity index (χ2v) is 9.34. The quantitative estimate of drug-likeness (QED) is 0.648. The van der Waals surface area contributed by atoms with Gasteiger partial charge in [-0.25, -0.2) is 0 Å². The van der Waals surface area contributed by atoms with Crippen molar-refractivity contribution in [3.05, 3.63) is 0 Å². The van der Waals surface area contributed by atoms with Gasteiger partial charge in [0.05, 0.1) is 0 Å². The van der Waals surface area contributed by atoms with Crippen molar-refractivity contribution in [1.29, 1.82) is 0 Å². The summed E-state index contributed by atoms with van der Waals surface area (Å²) in [4.78, 5) is 0. The van der Waals surface area contributed by atoms with Crippen LogP contribution in [0, 0.1) is 23.2 Å². The Morgan fingerprint density at radius 2 is 1.85 bits per heavy atom. The molecule has 0 spiro atoms. The molecule has 2 heteroatoms. The van der Waals surface area contributed by atoms with Gasteiger partial charge >= 0.3 is 0 Å². The van der Waals surface area contributed by atoms with E-state index in [2.05, 4.69) is 58.6 Å². The molecule has 0 aromatic heterocycles. The minimum absolute atomic E-state index is 0.493. The molecule has 0 aliphatic heterocycles. The zero-order chi connectivity index (χ0) is 15.2. The largest absolute Gasteiger partial charge is 0.314 e. The predicted molar refractivity (Wildman–Crippen MR) is 94.5 cm³/mol. The molecule has 3 atom stereocenters. The number of thioether (sulfide) groups is 1. The highest BCUT2D eigenvalue weighted by Gasteiger charge is 2.35. The maximum atomic E-state index is 3.68. The Hall–Kier alpha value is 0.310. The summed E-state index contributed by atoms with van der Waals surface area (Å²) in [5, 5.41) is 3.68. The molecule has 120 valence electrons. The van der Waals surface area contributed by atoms with E-state index in [9.17, 15) is 0 Å². The standard InChI is InChI=1S/C18H37NS/c1-7-20-11-10-15-12-17(18(4,5)6)9-8-16(15)13-19-14(2)3/h14-17,19H,7-13H2,1-6H3. The van der Waals surface area contributed by atoms with E-state index in [0.717, 1.165) is 17.8 Å². The van der Waals surface area contributed by atoms with E-state index in [4.69, 9.17) is 0 Å². The third-order valence-corrected chi connectivity index (χ3v) is 5.92. The highest BCUT2D eigenvalue weighted by Crippen LogP contribution is 2.44. The summed E-state index contributed by atoms with van der Waals surface area (Å²) in [6.07, 6.45) is 5.75. The molecule has 0 heterocycles. The van der Waals surface area contributed by atoms with Crippen LogP contribution in [0.25, 0.3) is 0 Å². The van der Waals surface area contributed by atoms with Gasteiger partial charge in [0.2, 0.25) is 0 Å². The fraction of sp³-hybridized carbons (Fsp3) is 1.00. The molecule has 1 rings (SSSR count). The minimum atomic E-state index is 0.493. The Kier molecular flexibility index (Phi) is 7.97. The maximum absolute atomic E-state index is 3.68. The van der Waals surface area contributed by atoms with E-state index in [1.807, 2.05) is 0 Å².